The molecule has 17 nitrogen and oxygen atoms in total. The number of methoxy groups -OCH3 is 2. The van der Waals surface area contributed by atoms with Crippen LogP contribution in [0.1, 0.15) is 123 Å². The molecule has 412 valence electrons. The third-order valence-corrected chi connectivity index (χ3v) is 18.4. The number of anilines is 2. The molecule has 1 atom stereocenters. The number of amides is 1. The Hall–Kier alpha value is -6.80. The summed E-state index contributed by atoms with van der Waals surface area (Å²) in [4.78, 5) is 39.8. The quantitative estimate of drug-likeness (QED) is 0.0467. The number of aromatic amines is 1. The van der Waals surface area contributed by atoms with Gasteiger partial charge in [0, 0.05) is 92.9 Å². The first-order valence-corrected chi connectivity index (χ1v) is 28.7. The normalized spacial score (nSPS) is 21.8. The Bertz CT molecular complexity index is 3330. The van der Waals surface area contributed by atoms with E-state index in [2.05, 4.69) is 85.0 Å². The van der Waals surface area contributed by atoms with Crippen LogP contribution < -0.4 is 29.1 Å². The Morgan fingerprint density at radius 2 is 1.69 bits per heavy atom. The molecule has 0 bridgehead atoms. The fourth-order valence-electron chi connectivity index (χ4n) is 12.6. The molecule has 1 spiro atoms. The molecule has 2 saturated heterocycles. The van der Waals surface area contributed by atoms with E-state index in [-0.39, 0.29) is 45.5 Å². The average molecular weight is 1090 g/mol. The Kier molecular flexibility index (Phi) is 14.4. The minimum Gasteiger partial charge on any atom is -0.496 e. The first kappa shape index (κ1) is 53.2. The maximum Gasteiger partial charge on any atom is 0.293 e. The molecule has 4 N–H and O–H groups in total. The van der Waals surface area contributed by atoms with Gasteiger partial charge in [0.05, 0.1) is 46.8 Å². The largest absolute Gasteiger partial charge is 0.496 e. The summed E-state index contributed by atoms with van der Waals surface area (Å²) >= 11 is 0. The summed E-state index contributed by atoms with van der Waals surface area (Å²) in [5, 5.41) is 25.9. The van der Waals surface area contributed by atoms with Crippen molar-refractivity contribution in [2.45, 2.75) is 113 Å². The van der Waals surface area contributed by atoms with Crippen LogP contribution in [0.2, 0.25) is 0 Å². The van der Waals surface area contributed by atoms with Gasteiger partial charge in [-0.2, -0.15) is 0 Å². The van der Waals surface area contributed by atoms with Gasteiger partial charge in [-0.25, -0.2) is 22.5 Å². The summed E-state index contributed by atoms with van der Waals surface area (Å²) in [5.41, 5.74) is 5.06. The van der Waals surface area contributed by atoms with Crippen LogP contribution >= 0.6 is 0 Å². The maximum absolute atomic E-state index is 14.8. The molecular weight excluding hydrogens is 1020 g/mol. The summed E-state index contributed by atoms with van der Waals surface area (Å²) < 4.78 is 62.7. The number of nitrogens with zero attached hydrogens (tertiary/aromatic N) is 5. The number of rotatable bonds is 18. The van der Waals surface area contributed by atoms with Gasteiger partial charge in [0.25, 0.3) is 21.6 Å². The highest BCUT2D eigenvalue weighted by Crippen LogP contribution is 2.54. The number of fused-ring (bicyclic) bond motifs is 1. The van der Waals surface area contributed by atoms with Crippen LogP contribution in [0.4, 0.5) is 21.5 Å². The number of aliphatic hydroxyl groups is 1. The minimum atomic E-state index is -4.65. The molecule has 5 aliphatic rings. The topological polar surface area (TPSA) is 205 Å². The van der Waals surface area contributed by atoms with E-state index in [4.69, 9.17) is 14.2 Å². The Morgan fingerprint density at radius 1 is 0.962 bits per heavy atom. The van der Waals surface area contributed by atoms with Gasteiger partial charge in [-0.1, -0.05) is 38.1 Å². The molecule has 19 heteroatoms. The first-order chi connectivity index (χ1) is 37.4. The third-order valence-electron chi connectivity index (χ3n) is 17.1. The molecular formula is C59H69FN8O9S. The summed E-state index contributed by atoms with van der Waals surface area (Å²) in [5.74, 6) is 1.41. The molecule has 3 saturated carbocycles. The molecule has 4 aromatic carbocycles. The fraction of sp³-hybridized carbons (Fsp3) is 0.458. The molecule has 2 aliphatic heterocycles. The molecule has 5 fully saturated rings. The van der Waals surface area contributed by atoms with E-state index in [9.17, 15) is 32.8 Å². The predicted octanol–water partition coefficient (Wildman–Crippen LogP) is 10.4. The summed E-state index contributed by atoms with van der Waals surface area (Å²) in [6.45, 7) is 11.8. The van der Waals surface area contributed by atoms with Crippen molar-refractivity contribution in [2.75, 3.05) is 63.7 Å². The number of sulfonamides is 1. The van der Waals surface area contributed by atoms with Gasteiger partial charge < -0.3 is 34.5 Å². The van der Waals surface area contributed by atoms with Crippen molar-refractivity contribution < 1.29 is 41.8 Å². The smallest absolute Gasteiger partial charge is 0.293 e. The molecule has 0 unspecified atom stereocenters. The SMILES string of the molecule is COc1cc(CN2CCN(C3CC4(C3)CN(c3ccc(C(=O)NS(=O)(=O)c5ccc(NCC6CCC(C)(O)CC6)c([N+](=O)[O-])c5)c(Oc5cnc6[nH]cc(F)c6c5)c3)C4)[C@H](c3ccccc3C(C)C)C2)cc(OC)c1C1CC1. The average Bonchev–Trinajstić information content (AvgIpc) is 4.06. The Morgan fingerprint density at radius 3 is 2.38 bits per heavy atom. The number of hydrogen-bond acceptors (Lipinski definition) is 14. The zero-order valence-corrected chi connectivity index (χ0v) is 45.7. The zero-order chi connectivity index (χ0) is 54.7. The lowest BCUT2D eigenvalue weighted by Gasteiger charge is -2.63. The van der Waals surface area contributed by atoms with Crippen molar-refractivity contribution in [2.24, 2.45) is 11.3 Å². The molecule has 4 heterocycles. The van der Waals surface area contributed by atoms with E-state index < -0.39 is 42.9 Å². The molecule has 1 amide bonds. The maximum atomic E-state index is 14.8. The van der Waals surface area contributed by atoms with Crippen molar-refractivity contribution in [3.05, 3.63) is 135 Å². The van der Waals surface area contributed by atoms with Gasteiger partial charge in [0.1, 0.15) is 40.1 Å². The lowest BCUT2D eigenvalue weighted by molar-refractivity contribution is -0.384. The van der Waals surface area contributed by atoms with Gasteiger partial charge >= 0.3 is 0 Å². The molecule has 6 aromatic rings. The first-order valence-electron chi connectivity index (χ1n) is 27.2. The van der Waals surface area contributed by atoms with E-state index in [1.54, 1.807) is 33.3 Å². The van der Waals surface area contributed by atoms with Gasteiger partial charge in [0.2, 0.25) is 0 Å². The van der Waals surface area contributed by atoms with Gasteiger partial charge in [0.15, 0.2) is 0 Å². The van der Waals surface area contributed by atoms with E-state index in [1.165, 1.54) is 58.9 Å². The molecule has 3 aliphatic carbocycles. The van der Waals surface area contributed by atoms with Crippen molar-refractivity contribution in [3.63, 3.8) is 0 Å². The third kappa shape index (κ3) is 10.9. The minimum absolute atomic E-state index is 0.0137. The number of nitro groups is 1. The van der Waals surface area contributed by atoms with Crippen molar-refractivity contribution in [1.82, 2.24) is 24.5 Å². The van der Waals surface area contributed by atoms with E-state index >= 15 is 0 Å². The number of nitro benzene ring substituents is 1. The van der Waals surface area contributed by atoms with Gasteiger partial charge in [-0.15, -0.1) is 0 Å². The molecule has 11 rings (SSSR count). The number of piperazine rings is 1. The van der Waals surface area contributed by atoms with Crippen LogP contribution in [0, 0.1) is 27.3 Å². The van der Waals surface area contributed by atoms with Crippen LogP contribution in [0.3, 0.4) is 0 Å². The van der Waals surface area contributed by atoms with Gasteiger partial charge in [-0.3, -0.25) is 24.7 Å². The number of H-pyrrole nitrogens is 1. The summed E-state index contributed by atoms with van der Waals surface area (Å²) in [6.07, 6.45) is 9.65. The summed E-state index contributed by atoms with van der Waals surface area (Å²) in [6, 6.07) is 23.7. The lowest BCUT2D eigenvalue weighted by atomic mass is 9.59. The zero-order valence-electron chi connectivity index (χ0n) is 44.9. The Labute approximate surface area is 454 Å². The van der Waals surface area contributed by atoms with Crippen molar-refractivity contribution in [3.8, 4) is 23.0 Å². The number of pyridine rings is 1. The highest BCUT2D eigenvalue weighted by Gasteiger charge is 2.55. The number of hydrogen-bond donors (Lipinski definition) is 4. The molecule has 2 aromatic heterocycles. The van der Waals surface area contributed by atoms with E-state index in [1.807, 2.05) is 0 Å². The fourth-order valence-corrected chi connectivity index (χ4v) is 13.6. The highest BCUT2D eigenvalue weighted by molar-refractivity contribution is 7.90. The number of ether oxygens (including phenoxy) is 3. The standard InChI is InChI=1S/C59H69FN8O9S/c1-36(2)44-8-6-7-9-45(44)51-33-65(32-38-22-53(75-4)55(39-10-11-39)54(23-38)76-5)20-21-67(51)41-27-59(28-41)34-66(35-59)40-12-14-46(52(24-40)77-42-25-47-48(60)31-63-56(47)62-30-42)57(69)64-78(73,74)43-13-15-49(50(26-43)68(71)72)61-29-37-16-18-58(3,70)19-17-37/h6-9,12-15,22-26,30-31,36-37,39,41,51,61,70H,10-11,16-21,27-29,32-35H2,1-5H3,(H,62,63)(H,64,69)/t37?,51-,58?/m0/s1. The molecule has 78 heavy (non-hydrogen) atoms. The van der Waals surface area contributed by atoms with Crippen molar-refractivity contribution in [1.29, 1.82) is 0 Å². The molecule has 0 radical (unpaired) electrons. The second-order valence-corrected chi connectivity index (χ2v) is 24.7. The lowest BCUT2D eigenvalue weighted by Crippen LogP contribution is -2.68. The number of nitrogens with one attached hydrogen (secondary N) is 3. The van der Waals surface area contributed by atoms with Crippen LogP contribution in [-0.4, -0.2) is 109 Å². The second-order valence-electron chi connectivity index (χ2n) is 23.1. The number of halogens is 1. The van der Waals surface area contributed by atoms with Crippen LogP contribution in [0.15, 0.2) is 96.2 Å². The van der Waals surface area contributed by atoms with Crippen LogP contribution in [0.25, 0.3) is 11.0 Å². The predicted molar refractivity (Wildman–Crippen MR) is 296 cm³/mol. The summed E-state index contributed by atoms with van der Waals surface area (Å²) in [7, 11) is -1.16. The number of aromatic nitrogens is 2. The second kappa shape index (κ2) is 21.1. The van der Waals surface area contributed by atoms with Gasteiger partial charge in [-0.05, 0) is 135 Å². The number of carbonyl (C=O) groups is 1. The van der Waals surface area contributed by atoms with Crippen LogP contribution in [-0.2, 0) is 16.6 Å². The van der Waals surface area contributed by atoms with Crippen LogP contribution in [0.5, 0.6) is 23.0 Å². The highest BCUT2D eigenvalue weighted by atomic mass is 32.2. The number of benzene rings is 4. The number of carbonyl (C=O) groups excluding carboxylic acids is 1. The van der Waals surface area contributed by atoms with E-state index in [0.717, 1.165) is 101 Å². The monoisotopic (exact) mass is 1080 g/mol. The van der Waals surface area contributed by atoms with Crippen molar-refractivity contribution >= 4 is 44.0 Å². The Balaban J connectivity index is 0.795. The van der Waals surface area contributed by atoms with E-state index in [0.29, 0.717) is 42.9 Å².